The molecule has 2 aromatic heterocycles. The number of rotatable bonds is 3. The highest BCUT2D eigenvalue weighted by molar-refractivity contribution is 5.83. The van der Waals surface area contributed by atoms with E-state index in [2.05, 4.69) is 65.2 Å². The Bertz CT molecular complexity index is 1100. The molecule has 0 bridgehead atoms. The molecule has 1 saturated heterocycles. The van der Waals surface area contributed by atoms with Crippen molar-refractivity contribution in [2.24, 2.45) is 0 Å². The van der Waals surface area contributed by atoms with Gasteiger partial charge in [-0.3, -0.25) is 9.69 Å². The molecular formula is C23H32N6O. The number of nitrogens with one attached hydrogen (secondary N) is 1. The van der Waals surface area contributed by atoms with Crippen molar-refractivity contribution in [2.75, 3.05) is 13.1 Å². The van der Waals surface area contributed by atoms with Crippen LogP contribution in [0.1, 0.15) is 75.0 Å². The Kier molecular flexibility index (Phi) is 5.49. The van der Waals surface area contributed by atoms with E-state index in [-0.39, 0.29) is 17.1 Å². The highest BCUT2D eigenvalue weighted by Crippen LogP contribution is 2.31. The van der Waals surface area contributed by atoms with Gasteiger partial charge in [0.15, 0.2) is 5.82 Å². The van der Waals surface area contributed by atoms with Gasteiger partial charge in [0.25, 0.3) is 5.56 Å². The molecule has 7 nitrogen and oxygen atoms in total. The van der Waals surface area contributed by atoms with Gasteiger partial charge in [0.2, 0.25) is 0 Å². The van der Waals surface area contributed by atoms with Gasteiger partial charge in [-0.05, 0) is 94.1 Å². The highest BCUT2D eigenvalue weighted by atomic mass is 16.1. The maximum absolute atomic E-state index is 13.3. The molecule has 1 N–H and O–H groups in total. The van der Waals surface area contributed by atoms with Crippen molar-refractivity contribution in [1.82, 2.24) is 30.1 Å². The number of H-pyrrole nitrogens is 1. The predicted molar refractivity (Wildman–Crippen MR) is 119 cm³/mol. The van der Waals surface area contributed by atoms with Crippen molar-refractivity contribution in [3.05, 3.63) is 51.1 Å². The van der Waals surface area contributed by atoms with Crippen molar-refractivity contribution >= 4 is 10.9 Å². The number of nitrogens with zero attached hydrogens (tertiary/aromatic N) is 5. The molecule has 1 fully saturated rings. The van der Waals surface area contributed by atoms with Gasteiger partial charge in [0, 0.05) is 5.56 Å². The SMILES string of the molecule is Cc1cc(C)c2[nH]c(=O)c([C@H](c3nnnn3C(C)(C)C)N3CCCCCC3)cc2c1. The average Bonchev–Trinajstić information content (AvgIpc) is 3.00. The van der Waals surface area contributed by atoms with E-state index in [0.29, 0.717) is 0 Å². The molecule has 1 aliphatic rings. The lowest BCUT2D eigenvalue weighted by molar-refractivity contribution is 0.208. The molecule has 1 aromatic carbocycles. The van der Waals surface area contributed by atoms with Crippen molar-refractivity contribution in [1.29, 1.82) is 0 Å². The second-order valence-electron chi connectivity index (χ2n) is 9.57. The molecule has 4 rings (SSSR count). The average molecular weight is 409 g/mol. The smallest absolute Gasteiger partial charge is 0.253 e. The topological polar surface area (TPSA) is 79.7 Å². The first-order valence-corrected chi connectivity index (χ1v) is 10.9. The first kappa shape index (κ1) is 20.7. The summed E-state index contributed by atoms with van der Waals surface area (Å²) in [5.41, 5.74) is 3.55. The summed E-state index contributed by atoms with van der Waals surface area (Å²) in [7, 11) is 0. The summed E-state index contributed by atoms with van der Waals surface area (Å²) in [6, 6.07) is 6.01. The molecule has 0 aliphatic carbocycles. The molecule has 160 valence electrons. The fraction of sp³-hybridized carbons (Fsp3) is 0.565. The summed E-state index contributed by atoms with van der Waals surface area (Å²) in [5, 5.41) is 13.8. The number of fused-ring (bicyclic) bond motifs is 1. The van der Waals surface area contributed by atoms with Gasteiger partial charge in [-0.1, -0.05) is 24.5 Å². The molecule has 30 heavy (non-hydrogen) atoms. The second kappa shape index (κ2) is 7.95. The van der Waals surface area contributed by atoms with Crippen molar-refractivity contribution in [3.8, 4) is 0 Å². The first-order valence-electron chi connectivity index (χ1n) is 10.9. The molecule has 1 atom stereocenters. The van der Waals surface area contributed by atoms with E-state index in [1.54, 1.807) is 0 Å². The molecule has 0 unspecified atom stereocenters. The minimum Gasteiger partial charge on any atom is -0.321 e. The van der Waals surface area contributed by atoms with Crippen LogP contribution < -0.4 is 5.56 Å². The zero-order valence-corrected chi connectivity index (χ0v) is 18.7. The molecule has 0 saturated carbocycles. The Morgan fingerprint density at radius 3 is 2.40 bits per heavy atom. The molecule has 3 heterocycles. The Morgan fingerprint density at radius 1 is 1.03 bits per heavy atom. The third-order valence-corrected chi connectivity index (χ3v) is 6.00. The normalized spacial score (nSPS) is 17.2. The molecule has 3 aromatic rings. The van der Waals surface area contributed by atoms with E-state index in [0.717, 1.165) is 53.8 Å². The van der Waals surface area contributed by atoms with E-state index in [1.807, 2.05) is 17.7 Å². The third-order valence-electron chi connectivity index (χ3n) is 6.00. The number of aromatic amines is 1. The second-order valence-corrected chi connectivity index (χ2v) is 9.57. The summed E-state index contributed by atoms with van der Waals surface area (Å²) in [4.78, 5) is 18.9. The Balaban J connectivity index is 1.93. The van der Waals surface area contributed by atoms with Crippen LogP contribution in [0.5, 0.6) is 0 Å². The van der Waals surface area contributed by atoms with Gasteiger partial charge >= 0.3 is 0 Å². The van der Waals surface area contributed by atoms with Crippen molar-refractivity contribution < 1.29 is 0 Å². The van der Waals surface area contributed by atoms with Gasteiger partial charge in [0.05, 0.1) is 11.1 Å². The monoisotopic (exact) mass is 408 g/mol. The van der Waals surface area contributed by atoms with E-state index in [1.165, 1.54) is 18.4 Å². The highest BCUT2D eigenvalue weighted by Gasteiger charge is 2.33. The van der Waals surface area contributed by atoms with Crippen molar-refractivity contribution in [2.45, 2.75) is 71.9 Å². The number of pyridine rings is 1. The molecular weight excluding hydrogens is 376 g/mol. The minimum absolute atomic E-state index is 0.0628. The lowest BCUT2D eigenvalue weighted by Gasteiger charge is -2.32. The fourth-order valence-electron chi connectivity index (χ4n) is 4.60. The standard InChI is InChI=1S/C23H32N6O/c1-15-12-16(2)19-17(13-15)14-18(22(30)24-19)20(28-10-8-6-7-9-11-28)21-25-26-27-29(21)23(3,4)5/h12-14,20H,6-11H2,1-5H3,(H,24,30)/t20-/m1/s1. The lowest BCUT2D eigenvalue weighted by atomic mass is 9.99. The number of aromatic nitrogens is 5. The zero-order chi connectivity index (χ0) is 21.5. The number of aryl methyl sites for hydroxylation is 2. The molecule has 1 aliphatic heterocycles. The van der Waals surface area contributed by atoms with Crippen LogP contribution in [0.3, 0.4) is 0 Å². The first-order chi connectivity index (χ1) is 14.3. The molecule has 0 amide bonds. The Hall–Kier alpha value is -2.54. The number of tetrazole rings is 1. The number of likely N-dealkylation sites (tertiary alicyclic amines) is 1. The quantitative estimate of drug-likeness (QED) is 0.712. The lowest BCUT2D eigenvalue weighted by Crippen LogP contribution is -2.38. The Labute approximate surface area is 177 Å². The van der Waals surface area contributed by atoms with Crippen LogP contribution in [-0.2, 0) is 5.54 Å². The van der Waals surface area contributed by atoms with E-state index in [9.17, 15) is 4.79 Å². The van der Waals surface area contributed by atoms with Crippen LogP contribution in [0.25, 0.3) is 10.9 Å². The van der Waals surface area contributed by atoms with Crippen LogP contribution in [0.15, 0.2) is 23.0 Å². The molecule has 0 spiro atoms. The van der Waals surface area contributed by atoms with E-state index >= 15 is 0 Å². The van der Waals surface area contributed by atoms with E-state index < -0.39 is 0 Å². The summed E-state index contributed by atoms with van der Waals surface area (Å²) in [6.45, 7) is 12.3. The third kappa shape index (κ3) is 3.90. The fourth-order valence-corrected chi connectivity index (χ4v) is 4.60. The number of hydrogen-bond donors (Lipinski definition) is 1. The van der Waals surface area contributed by atoms with Crippen LogP contribution in [-0.4, -0.2) is 43.2 Å². The molecule has 0 radical (unpaired) electrons. The van der Waals surface area contributed by atoms with Crippen LogP contribution >= 0.6 is 0 Å². The van der Waals surface area contributed by atoms with Gasteiger partial charge in [-0.2, -0.15) is 0 Å². The number of hydrogen-bond acceptors (Lipinski definition) is 5. The summed E-state index contributed by atoms with van der Waals surface area (Å²) in [5.74, 6) is 0.735. The van der Waals surface area contributed by atoms with Gasteiger partial charge in [-0.15, -0.1) is 5.10 Å². The van der Waals surface area contributed by atoms with Gasteiger partial charge < -0.3 is 4.98 Å². The van der Waals surface area contributed by atoms with Crippen molar-refractivity contribution in [3.63, 3.8) is 0 Å². The largest absolute Gasteiger partial charge is 0.321 e. The summed E-state index contributed by atoms with van der Waals surface area (Å²) >= 11 is 0. The predicted octanol–water partition coefficient (Wildman–Crippen LogP) is 3.85. The van der Waals surface area contributed by atoms with Crippen LogP contribution in [0.4, 0.5) is 0 Å². The maximum atomic E-state index is 13.3. The zero-order valence-electron chi connectivity index (χ0n) is 18.7. The van der Waals surface area contributed by atoms with E-state index in [4.69, 9.17) is 0 Å². The van der Waals surface area contributed by atoms with Crippen LogP contribution in [0.2, 0.25) is 0 Å². The summed E-state index contributed by atoms with van der Waals surface area (Å²) < 4.78 is 1.87. The molecule has 7 heteroatoms. The van der Waals surface area contributed by atoms with Gasteiger partial charge in [0.1, 0.15) is 6.04 Å². The van der Waals surface area contributed by atoms with Gasteiger partial charge in [-0.25, -0.2) is 4.68 Å². The minimum atomic E-state index is -0.278. The number of benzene rings is 1. The van der Waals surface area contributed by atoms with Crippen LogP contribution in [0, 0.1) is 13.8 Å². The summed E-state index contributed by atoms with van der Waals surface area (Å²) in [6.07, 6.45) is 4.69. The Morgan fingerprint density at radius 2 is 1.73 bits per heavy atom. The maximum Gasteiger partial charge on any atom is 0.253 e.